The highest BCUT2D eigenvalue weighted by Crippen LogP contribution is 2.34. The van der Waals surface area contributed by atoms with E-state index in [0.717, 1.165) is 0 Å². The lowest BCUT2D eigenvalue weighted by Crippen LogP contribution is -2.29. The van der Waals surface area contributed by atoms with E-state index < -0.39 is 0 Å². The predicted octanol–water partition coefficient (Wildman–Crippen LogP) is 3.86. The van der Waals surface area contributed by atoms with Gasteiger partial charge in [-0.05, 0) is 48.9 Å². The summed E-state index contributed by atoms with van der Waals surface area (Å²) in [5.74, 6) is 0.484. The SMILES string of the molecule is CCOc1ccc(CN2C(=O)c3ccccc3C2=O)cc1C(=O)Nc1ccc2c(c1)OCO2. The maximum absolute atomic E-state index is 13.1. The minimum Gasteiger partial charge on any atom is -0.493 e. The first-order chi connectivity index (χ1) is 16.0. The summed E-state index contributed by atoms with van der Waals surface area (Å²) in [5.41, 5.74) is 2.23. The van der Waals surface area contributed by atoms with Crippen LogP contribution in [0.1, 0.15) is 43.6 Å². The number of fused-ring (bicyclic) bond motifs is 2. The lowest BCUT2D eigenvalue weighted by molar-refractivity contribution is 0.0642. The van der Waals surface area contributed by atoms with Gasteiger partial charge in [0.05, 0.1) is 29.8 Å². The summed E-state index contributed by atoms with van der Waals surface area (Å²) in [6.07, 6.45) is 0. The zero-order valence-corrected chi connectivity index (χ0v) is 17.8. The Labute approximate surface area is 189 Å². The van der Waals surface area contributed by atoms with Gasteiger partial charge in [-0.3, -0.25) is 19.3 Å². The monoisotopic (exact) mass is 444 g/mol. The van der Waals surface area contributed by atoms with Crippen LogP contribution in [0.25, 0.3) is 0 Å². The zero-order chi connectivity index (χ0) is 22.9. The molecule has 8 nitrogen and oxygen atoms in total. The molecule has 1 N–H and O–H groups in total. The number of carbonyl (C=O) groups is 3. The highest BCUT2D eigenvalue weighted by atomic mass is 16.7. The summed E-state index contributed by atoms with van der Waals surface area (Å²) in [5, 5.41) is 2.84. The second kappa shape index (κ2) is 8.31. The fourth-order valence-electron chi connectivity index (χ4n) is 3.87. The molecule has 8 heteroatoms. The molecule has 0 atom stereocenters. The standard InChI is InChI=1S/C25H20N2O6/c1-2-31-20-9-7-15(13-27-24(29)17-5-3-4-6-18(17)25(27)30)11-19(20)23(28)26-16-8-10-21-22(12-16)33-14-32-21/h3-12H,2,13-14H2,1H3,(H,26,28). The van der Waals surface area contributed by atoms with Crippen molar-refractivity contribution in [1.29, 1.82) is 0 Å². The maximum Gasteiger partial charge on any atom is 0.261 e. The maximum atomic E-state index is 13.1. The number of benzene rings is 3. The number of hydrogen-bond donors (Lipinski definition) is 1. The predicted molar refractivity (Wildman–Crippen MR) is 119 cm³/mol. The Morgan fingerprint density at radius 2 is 1.70 bits per heavy atom. The van der Waals surface area contributed by atoms with Crippen molar-refractivity contribution >= 4 is 23.4 Å². The van der Waals surface area contributed by atoms with Crippen LogP contribution in [0.5, 0.6) is 17.2 Å². The Bertz CT molecular complexity index is 1250. The van der Waals surface area contributed by atoms with Crippen molar-refractivity contribution in [2.75, 3.05) is 18.7 Å². The molecule has 0 aliphatic carbocycles. The largest absolute Gasteiger partial charge is 0.493 e. The number of hydrogen-bond acceptors (Lipinski definition) is 6. The van der Waals surface area contributed by atoms with Crippen molar-refractivity contribution in [3.63, 3.8) is 0 Å². The topological polar surface area (TPSA) is 94.2 Å². The van der Waals surface area contributed by atoms with E-state index in [-0.39, 0.29) is 31.1 Å². The van der Waals surface area contributed by atoms with E-state index >= 15 is 0 Å². The second-order valence-corrected chi connectivity index (χ2v) is 7.53. The molecule has 3 aromatic rings. The molecule has 0 saturated heterocycles. The van der Waals surface area contributed by atoms with Gasteiger partial charge >= 0.3 is 0 Å². The molecule has 2 aliphatic heterocycles. The van der Waals surface area contributed by atoms with Gasteiger partial charge in [-0.15, -0.1) is 0 Å². The van der Waals surface area contributed by atoms with Crippen molar-refractivity contribution in [2.45, 2.75) is 13.5 Å². The lowest BCUT2D eigenvalue weighted by Gasteiger charge is -2.16. The van der Waals surface area contributed by atoms with E-state index in [2.05, 4.69) is 5.32 Å². The van der Waals surface area contributed by atoms with Gasteiger partial charge in [0.25, 0.3) is 17.7 Å². The number of nitrogens with zero attached hydrogens (tertiary/aromatic N) is 1. The van der Waals surface area contributed by atoms with Crippen molar-refractivity contribution in [3.8, 4) is 17.2 Å². The Morgan fingerprint density at radius 1 is 0.970 bits per heavy atom. The molecule has 3 aromatic carbocycles. The highest BCUT2D eigenvalue weighted by Gasteiger charge is 2.35. The number of carbonyl (C=O) groups excluding carboxylic acids is 3. The summed E-state index contributed by atoms with van der Waals surface area (Å²) in [6.45, 7) is 2.39. The molecule has 2 aliphatic rings. The van der Waals surface area contributed by atoms with Gasteiger partial charge in [-0.2, -0.15) is 0 Å². The quantitative estimate of drug-likeness (QED) is 0.580. The Hall–Kier alpha value is -4.33. The van der Waals surface area contributed by atoms with Gasteiger partial charge in [0.1, 0.15) is 5.75 Å². The van der Waals surface area contributed by atoms with Gasteiger partial charge in [0.2, 0.25) is 6.79 Å². The first kappa shape index (κ1) is 20.6. The van der Waals surface area contributed by atoms with Crippen LogP contribution in [0.3, 0.4) is 0 Å². The summed E-state index contributed by atoms with van der Waals surface area (Å²) < 4.78 is 16.3. The molecule has 5 rings (SSSR count). The van der Waals surface area contributed by atoms with Crippen LogP contribution in [0.15, 0.2) is 60.7 Å². The smallest absolute Gasteiger partial charge is 0.261 e. The molecular formula is C25H20N2O6. The van der Waals surface area contributed by atoms with Gasteiger partial charge in [-0.1, -0.05) is 18.2 Å². The van der Waals surface area contributed by atoms with Crippen LogP contribution in [-0.2, 0) is 6.54 Å². The molecule has 166 valence electrons. The molecular weight excluding hydrogens is 424 g/mol. The number of imide groups is 1. The third-order valence-electron chi connectivity index (χ3n) is 5.44. The molecule has 0 radical (unpaired) electrons. The van der Waals surface area contributed by atoms with Crippen LogP contribution in [0.2, 0.25) is 0 Å². The van der Waals surface area contributed by atoms with Crippen molar-refractivity contribution in [2.24, 2.45) is 0 Å². The van der Waals surface area contributed by atoms with Crippen LogP contribution in [0, 0.1) is 0 Å². The molecule has 0 aromatic heterocycles. The molecule has 0 spiro atoms. The molecule has 0 saturated carbocycles. The van der Waals surface area contributed by atoms with E-state index in [9.17, 15) is 14.4 Å². The number of nitrogens with one attached hydrogen (secondary N) is 1. The Morgan fingerprint density at radius 3 is 2.42 bits per heavy atom. The number of amides is 3. The Kier molecular flexibility index (Phi) is 5.18. The van der Waals surface area contributed by atoms with Gasteiger partial charge in [-0.25, -0.2) is 0 Å². The molecule has 0 unspecified atom stereocenters. The third kappa shape index (κ3) is 3.76. The second-order valence-electron chi connectivity index (χ2n) is 7.53. The normalized spacial score (nSPS) is 13.8. The zero-order valence-electron chi connectivity index (χ0n) is 17.8. The van der Waals surface area contributed by atoms with Gasteiger partial charge < -0.3 is 19.5 Å². The van der Waals surface area contributed by atoms with Crippen molar-refractivity contribution in [1.82, 2.24) is 4.90 Å². The van der Waals surface area contributed by atoms with Gasteiger partial charge in [0, 0.05) is 11.8 Å². The highest BCUT2D eigenvalue weighted by molar-refractivity contribution is 6.21. The van der Waals surface area contributed by atoms with E-state index in [0.29, 0.717) is 51.8 Å². The lowest BCUT2D eigenvalue weighted by atomic mass is 10.1. The van der Waals surface area contributed by atoms with Crippen LogP contribution in [-0.4, -0.2) is 36.0 Å². The summed E-state index contributed by atoms with van der Waals surface area (Å²) in [6, 6.07) is 16.9. The summed E-state index contributed by atoms with van der Waals surface area (Å²) in [7, 11) is 0. The first-order valence-electron chi connectivity index (χ1n) is 10.5. The number of ether oxygens (including phenoxy) is 3. The van der Waals surface area contributed by atoms with Crippen molar-refractivity contribution < 1.29 is 28.6 Å². The first-order valence-corrected chi connectivity index (χ1v) is 10.5. The van der Waals surface area contributed by atoms with Crippen LogP contribution < -0.4 is 19.5 Å². The molecule has 33 heavy (non-hydrogen) atoms. The molecule has 0 fully saturated rings. The minimum absolute atomic E-state index is 0.0447. The molecule has 2 heterocycles. The average Bonchev–Trinajstić information content (AvgIpc) is 3.39. The van der Waals surface area contributed by atoms with Crippen LogP contribution >= 0.6 is 0 Å². The fraction of sp³-hybridized carbons (Fsp3) is 0.160. The average molecular weight is 444 g/mol. The van der Waals surface area contributed by atoms with Gasteiger partial charge in [0.15, 0.2) is 11.5 Å². The Balaban J connectivity index is 1.40. The van der Waals surface area contributed by atoms with E-state index in [1.54, 1.807) is 60.7 Å². The van der Waals surface area contributed by atoms with E-state index in [1.807, 2.05) is 6.92 Å². The number of anilines is 1. The fourth-order valence-corrected chi connectivity index (χ4v) is 3.87. The number of rotatable bonds is 6. The minimum atomic E-state index is -0.387. The van der Waals surface area contributed by atoms with Crippen LogP contribution in [0.4, 0.5) is 5.69 Å². The third-order valence-corrected chi connectivity index (χ3v) is 5.44. The summed E-state index contributed by atoms with van der Waals surface area (Å²) in [4.78, 5) is 39.7. The molecule has 0 bridgehead atoms. The van der Waals surface area contributed by atoms with E-state index in [1.165, 1.54) is 4.90 Å². The molecule has 3 amide bonds. The van der Waals surface area contributed by atoms with E-state index in [4.69, 9.17) is 14.2 Å². The van der Waals surface area contributed by atoms with Crippen molar-refractivity contribution in [3.05, 3.63) is 82.9 Å². The summed E-state index contributed by atoms with van der Waals surface area (Å²) >= 11 is 0.